The fourth-order valence-corrected chi connectivity index (χ4v) is 2.86. The van der Waals surface area contributed by atoms with Crippen molar-refractivity contribution in [1.29, 1.82) is 0 Å². The lowest BCUT2D eigenvalue weighted by Gasteiger charge is -1.69. The third-order valence-electron chi connectivity index (χ3n) is 1.06. The molecule has 1 aromatic rings. The van der Waals surface area contributed by atoms with Crippen LogP contribution in [-0.2, 0) is 6.26 Å². The van der Waals surface area contributed by atoms with Crippen LogP contribution < -0.4 is 0 Å². The summed E-state index contributed by atoms with van der Waals surface area (Å²) in [6.07, 6.45) is 2.93. The maximum atomic E-state index is 10.2. The molecule has 48 valence electrons. The van der Waals surface area contributed by atoms with E-state index in [1.165, 1.54) is 0 Å². The fraction of sp³-hybridized carbons (Fsp3) is 0.167. The van der Waals surface area contributed by atoms with E-state index in [1.54, 1.807) is 0 Å². The molecule has 0 fully saturated rings. The SMILES string of the molecule is C[s+]1cc(Br)cc1C=O. The Balaban J connectivity index is 3.15. The summed E-state index contributed by atoms with van der Waals surface area (Å²) >= 11 is 3.29. The first-order valence-electron chi connectivity index (χ1n) is 2.43. The maximum Gasteiger partial charge on any atom is 0.213 e. The molecule has 9 heavy (non-hydrogen) atoms. The molecule has 1 atom stereocenters. The van der Waals surface area contributed by atoms with Crippen LogP contribution in [0.2, 0.25) is 0 Å². The Kier molecular flexibility index (Phi) is 2.03. The smallest absolute Gasteiger partial charge is 0.213 e. The molecule has 0 aromatic carbocycles. The Morgan fingerprint density at radius 1 is 1.78 bits per heavy atom. The van der Waals surface area contributed by atoms with Gasteiger partial charge in [0, 0.05) is 6.07 Å². The molecule has 0 N–H and O–H groups in total. The molecule has 0 aliphatic heterocycles. The van der Waals surface area contributed by atoms with Crippen molar-refractivity contribution in [1.82, 2.24) is 0 Å². The highest BCUT2D eigenvalue weighted by Gasteiger charge is 2.08. The molecule has 0 bridgehead atoms. The van der Waals surface area contributed by atoms with E-state index >= 15 is 0 Å². The minimum atomic E-state index is 0.0434. The van der Waals surface area contributed by atoms with Crippen LogP contribution in [0.3, 0.4) is 0 Å². The molecule has 0 amide bonds. The summed E-state index contributed by atoms with van der Waals surface area (Å²) in [5.41, 5.74) is 0. The predicted octanol–water partition coefficient (Wildman–Crippen LogP) is 2.55. The van der Waals surface area contributed by atoms with Crippen molar-refractivity contribution >= 4 is 32.7 Å². The Bertz CT molecular complexity index is 229. The third-order valence-corrected chi connectivity index (χ3v) is 3.38. The van der Waals surface area contributed by atoms with Gasteiger partial charge in [-0.15, -0.1) is 0 Å². The van der Waals surface area contributed by atoms with Crippen LogP contribution in [0.25, 0.3) is 0 Å². The molecule has 3 heteroatoms. The average Bonchev–Trinajstić information content (AvgIpc) is 2.10. The number of aldehydes is 1. The molecule has 0 radical (unpaired) electrons. The van der Waals surface area contributed by atoms with Crippen molar-refractivity contribution in [3.8, 4) is 0 Å². The van der Waals surface area contributed by atoms with Crippen LogP contribution in [0.15, 0.2) is 15.9 Å². The van der Waals surface area contributed by atoms with Crippen molar-refractivity contribution in [2.45, 2.75) is 0 Å². The van der Waals surface area contributed by atoms with Crippen molar-refractivity contribution in [3.05, 3.63) is 20.8 Å². The van der Waals surface area contributed by atoms with E-state index in [-0.39, 0.29) is 10.5 Å². The molecule has 0 saturated heterocycles. The van der Waals surface area contributed by atoms with Gasteiger partial charge in [0.15, 0.2) is 5.38 Å². The van der Waals surface area contributed by atoms with Crippen molar-refractivity contribution in [2.24, 2.45) is 6.26 Å². The van der Waals surface area contributed by atoms with Gasteiger partial charge in [0.25, 0.3) is 0 Å². The highest BCUT2D eigenvalue weighted by atomic mass is 79.9. The molecule has 0 aliphatic carbocycles. The van der Waals surface area contributed by atoms with E-state index in [1.807, 2.05) is 17.7 Å². The van der Waals surface area contributed by atoms with Gasteiger partial charge in [-0.3, -0.25) is 4.79 Å². The summed E-state index contributed by atoms with van der Waals surface area (Å²) < 4.78 is 1.02. The zero-order valence-corrected chi connectivity index (χ0v) is 7.33. The summed E-state index contributed by atoms with van der Waals surface area (Å²) in [6.45, 7) is 0. The van der Waals surface area contributed by atoms with E-state index in [0.717, 1.165) is 15.6 Å². The molecule has 1 aromatic heterocycles. The quantitative estimate of drug-likeness (QED) is 0.509. The second-order valence-corrected chi connectivity index (χ2v) is 4.46. The molecule has 1 unspecified atom stereocenters. The van der Waals surface area contributed by atoms with Crippen LogP contribution in [-0.4, -0.2) is 6.29 Å². The predicted molar refractivity (Wildman–Crippen MR) is 43.0 cm³/mol. The van der Waals surface area contributed by atoms with Crippen LogP contribution in [0.5, 0.6) is 0 Å². The summed E-state index contributed by atoms with van der Waals surface area (Å²) in [6, 6.07) is 1.86. The van der Waals surface area contributed by atoms with Crippen molar-refractivity contribution < 1.29 is 4.79 Å². The minimum absolute atomic E-state index is 0.0434. The number of hydrogen-bond acceptors (Lipinski definition) is 1. The lowest BCUT2D eigenvalue weighted by molar-refractivity contribution is 0.112. The summed E-state index contributed by atoms with van der Waals surface area (Å²) in [4.78, 5) is 11.1. The Hall–Kier alpha value is -0.150. The van der Waals surface area contributed by atoms with Gasteiger partial charge in [-0.25, -0.2) is 0 Å². The Morgan fingerprint density at radius 3 is 2.67 bits per heavy atom. The highest BCUT2D eigenvalue weighted by Crippen LogP contribution is 2.26. The van der Waals surface area contributed by atoms with Crippen LogP contribution in [0.1, 0.15) is 9.67 Å². The lowest BCUT2D eigenvalue weighted by atomic mass is 10.5. The average molecular weight is 206 g/mol. The van der Waals surface area contributed by atoms with Gasteiger partial charge in [-0.2, -0.15) is 0 Å². The van der Waals surface area contributed by atoms with Gasteiger partial charge in [-0.05, 0) is 26.4 Å². The highest BCUT2D eigenvalue weighted by molar-refractivity contribution is 9.10. The van der Waals surface area contributed by atoms with Gasteiger partial charge < -0.3 is 0 Å². The van der Waals surface area contributed by atoms with E-state index in [4.69, 9.17) is 0 Å². The second kappa shape index (κ2) is 2.62. The number of halogens is 1. The largest absolute Gasteiger partial charge is 0.293 e. The number of thiophene rings is 1. The van der Waals surface area contributed by atoms with Crippen molar-refractivity contribution in [2.75, 3.05) is 0 Å². The van der Waals surface area contributed by atoms with Gasteiger partial charge in [-0.1, -0.05) is 0 Å². The van der Waals surface area contributed by atoms with Gasteiger partial charge in [0.05, 0.1) is 4.47 Å². The standard InChI is InChI=1S/C6H6BrOS/c1-9-4-5(7)2-6(9)3-8/h2-4H,1H3/q+1. The molecular formula is C6H6BrOS+. The van der Waals surface area contributed by atoms with Gasteiger partial charge in [0.2, 0.25) is 11.2 Å². The molecule has 1 nitrogen and oxygen atoms in total. The topological polar surface area (TPSA) is 17.1 Å². The minimum Gasteiger partial charge on any atom is -0.293 e. The second-order valence-electron chi connectivity index (χ2n) is 1.72. The first kappa shape index (κ1) is 6.96. The number of carbonyl (C=O) groups is 1. The fourth-order valence-electron chi connectivity index (χ4n) is 0.610. The van der Waals surface area contributed by atoms with E-state index in [0.29, 0.717) is 0 Å². The normalized spacial score (nSPS) is 11.6. The molecule has 1 rings (SSSR count). The first-order valence-corrected chi connectivity index (χ1v) is 4.92. The van der Waals surface area contributed by atoms with E-state index in [2.05, 4.69) is 15.9 Å². The number of rotatable bonds is 1. The number of aryl methyl sites for hydroxylation is 1. The van der Waals surface area contributed by atoms with Crippen LogP contribution in [0.4, 0.5) is 0 Å². The third kappa shape index (κ3) is 1.40. The molecule has 1 heterocycles. The summed E-state index contributed by atoms with van der Waals surface area (Å²) in [5.74, 6) is 0. The maximum absolute atomic E-state index is 10.2. The van der Waals surface area contributed by atoms with E-state index < -0.39 is 0 Å². The van der Waals surface area contributed by atoms with Crippen LogP contribution >= 0.6 is 26.4 Å². The number of carbonyl (C=O) groups excluding carboxylic acids is 1. The van der Waals surface area contributed by atoms with Crippen LogP contribution in [0, 0.1) is 0 Å². The van der Waals surface area contributed by atoms with Gasteiger partial charge >= 0.3 is 0 Å². The lowest BCUT2D eigenvalue weighted by Crippen LogP contribution is -1.67. The number of hydrogen-bond donors (Lipinski definition) is 0. The van der Waals surface area contributed by atoms with E-state index in [9.17, 15) is 4.79 Å². The molecule has 0 aliphatic rings. The Morgan fingerprint density at radius 2 is 2.44 bits per heavy atom. The Labute approximate surface area is 64.8 Å². The zero-order valence-electron chi connectivity index (χ0n) is 4.93. The molecule has 0 saturated carbocycles. The molecule has 0 spiro atoms. The molecular weight excluding hydrogens is 200 g/mol. The van der Waals surface area contributed by atoms with Gasteiger partial charge in [0.1, 0.15) is 6.26 Å². The monoisotopic (exact) mass is 205 g/mol. The zero-order chi connectivity index (χ0) is 6.85. The van der Waals surface area contributed by atoms with Crippen molar-refractivity contribution in [3.63, 3.8) is 0 Å². The summed E-state index contributed by atoms with van der Waals surface area (Å²) in [7, 11) is 0.0434. The first-order chi connectivity index (χ1) is 4.24. The summed E-state index contributed by atoms with van der Waals surface area (Å²) in [5, 5.41) is 2.03.